The molecule has 0 radical (unpaired) electrons. The number of piperazine rings is 1. The Balaban J connectivity index is 1.07. The molecule has 2 saturated heterocycles. The van der Waals surface area contributed by atoms with Crippen molar-refractivity contribution < 1.29 is 19.4 Å². The molecule has 4 atom stereocenters. The van der Waals surface area contributed by atoms with Gasteiger partial charge in [0.1, 0.15) is 0 Å². The number of ether oxygens (including phenoxy) is 2. The summed E-state index contributed by atoms with van der Waals surface area (Å²) in [5.74, 6) is 0.705. The van der Waals surface area contributed by atoms with Gasteiger partial charge in [-0.3, -0.25) is 14.7 Å². The Kier molecular flexibility index (Phi) is 10.5. The number of aliphatic hydroxyl groups excluding tert-OH is 1. The second-order valence-electron chi connectivity index (χ2n) is 12.9. The normalized spacial score (nSPS) is 21.1. The maximum atomic E-state index is 12.7. The molecule has 3 aromatic carbocycles. The molecule has 7 rings (SSSR count). The zero-order valence-corrected chi connectivity index (χ0v) is 28.1. The zero-order valence-electron chi connectivity index (χ0n) is 28.1. The highest BCUT2D eigenvalue weighted by Gasteiger charge is 2.39. The van der Waals surface area contributed by atoms with Gasteiger partial charge in [0.25, 0.3) is 5.91 Å². The molecule has 0 bridgehead atoms. The Morgan fingerprint density at radius 3 is 2.30 bits per heavy atom. The van der Waals surface area contributed by atoms with Gasteiger partial charge >= 0.3 is 0 Å². The van der Waals surface area contributed by atoms with Crippen molar-refractivity contribution in [1.29, 1.82) is 0 Å². The van der Waals surface area contributed by atoms with Gasteiger partial charge in [-0.2, -0.15) is 0 Å². The summed E-state index contributed by atoms with van der Waals surface area (Å²) in [6, 6.07) is 29.8. The average molecular weight is 671 g/mol. The molecule has 0 saturated carbocycles. The van der Waals surface area contributed by atoms with Crippen molar-refractivity contribution in [3.05, 3.63) is 144 Å². The first-order valence-electron chi connectivity index (χ1n) is 17.2. The van der Waals surface area contributed by atoms with Crippen LogP contribution >= 0.6 is 0 Å². The van der Waals surface area contributed by atoms with Gasteiger partial charge in [-0.15, -0.1) is 0 Å². The van der Waals surface area contributed by atoms with E-state index in [0.29, 0.717) is 12.1 Å². The third-order valence-corrected chi connectivity index (χ3v) is 9.64. The van der Waals surface area contributed by atoms with Gasteiger partial charge in [0.2, 0.25) is 5.95 Å². The van der Waals surface area contributed by atoms with E-state index < -0.39 is 6.29 Å². The molecule has 10 heteroatoms. The molecular formula is C40H42N6O4. The van der Waals surface area contributed by atoms with Crippen molar-refractivity contribution in [3.63, 3.8) is 0 Å². The van der Waals surface area contributed by atoms with E-state index in [9.17, 15) is 9.90 Å². The maximum Gasteiger partial charge on any atom is 0.253 e. The Bertz CT molecular complexity index is 1830. The quantitative estimate of drug-likeness (QED) is 0.197. The number of aliphatic hydroxyl groups is 1. The van der Waals surface area contributed by atoms with Gasteiger partial charge in [0.15, 0.2) is 6.29 Å². The Labute approximate surface area is 292 Å². The Morgan fingerprint density at radius 1 is 0.840 bits per heavy atom. The van der Waals surface area contributed by atoms with Gasteiger partial charge < -0.3 is 24.8 Å². The number of aromatic nitrogens is 3. The van der Waals surface area contributed by atoms with Gasteiger partial charge in [-0.05, 0) is 46.0 Å². The number of hydrogen-bond acceptors (Lipinski definition) is 9. The molecule has 10 nitrogen and oxygen atoms in total. The number of carbonyl (C=O) groups excluding carboxylic acids is 1. The topological polar surface area (TPSA) is 113 Å². The van der Waals surface area contributed by atoms with Crippen molar-refractivity contribution in [2.24, 2.45) is 5.92 Å². The molecule has 2 aliphatic rings. The first-order chi connectivity index (χ1) is 24.6. The highest BCUT2D eigenvalue weighted by Crippen LogP contribution is 2.42. The van der Waals surface area contributed by atoms with Gasteiger partial charge in [0.05, 0.1) is 24.4 Å². The highest BCUT2D eigenvalue weighted by molar-refractivity contribution is 5.93. The molecule has 0 spiro atoms. The zero-order chi connectivity index (χ0) is 34.3. The molecule has 2 aliphatic heterocycles. The van der Waals surface area contributed by atoms with Crippen LogP contribution < -0.4 is 10.2 Å². The van der Waals surface area contributed by atoms with Crippen molar-refractivity contribution in [2.45, 2.75) is 38.6 Å². The average Bonchev–Trinajstić information content (AvgIpc) is 3.19. The van der Waals surface area contributed by atoms with Crippen LogP contribution in [0.1, 0.15) is 51.9 Å². The fourth-order valence-electron chi connectivity index (χ4n) is 6.72. The predicted octanol–water partition coefficient (Wildman–Crippen LogP) is 5.57. The number of pyridine rings is 1. The minimum absolute atomic E-state index is 0.00205. The lowest BCUT2D eigenvalue weighted by molar-refractivity contribution is -0.276. The maximum absolute atomic E-state index is 12.7. The lowest BCUT2D eigenvalue weighted by atomic mass is 9.89. The van der Waals surface area contributed by atoms with E-state index in [4.69, 9.17) is 9.47 Å². The van der Waals surface area contributed by atoms with Crippen LogP contribution in [0.25, 0.3) is 11.1 Å². The third kappa shape index (κ3) is 7.74. The summed E-state index contributed by atoms with van der Waals surface area (Å²) in [4.78, 5) is 30.3. The first-order valence-corrected chi connectivity index (χ1v) is 17.2. The van der Waals surface area contributed by atoms with Crippen LogP contribution in [0.5, 0.6) is 0 Å². The minimum Gasteiger partial charge on any atom is -0.392 e. The molecule has 256 valence electrons. The third-order valence-electron chi connectivity index (χ3n) is 9.64. The summed E-state index contributed by atoms with van der Waals surface area (Å²) >= 11 is 0. The van der Waals surface area contributed by atoms with Crippen molar-refractivity contribution in [1.82, 2.24) is 25.2 Å². The number of anilines is 1. The standard InChI is InChI=1S/C40H42N6O4/c1-28-36(26-45-20-22-46(23-21-45)40-42-18-5-19-43-40)49-39(50-37(28)31-11-9-29(27-47)10-12-31)32-15-13-30(14-16-32)35-8-3-2-6-33(35)25-44-38(48)34-7-4-17-41-24-34/h2-19,24,28,36-37,39,47H,20-23,25-27H2,1H3,(H,44,48). The van der Waals surface area contributed by atoms with E-state index in [-0.39, 0.29) is 30.6 Å². The van der Waals surface area contributed by atoms with Crippen LogP contribution in [0.2, 0.25) is 0 Å². The van der Waals surface area contributed by atoms with E-state index in [1.54, 1.807) is 36.9 Å². The van der Waals surface area contributed by atoms with Crippen LogP contribution in [0.15, 0.2) is 116 Å². The van der Waals surface area contributed by atoms with Gasteiger partial charge in [-0.25, -0.2) is 9.97 Å². The molecule has 4 heterocycles. The summed E-state index contributed by atoms with van der Waals surface area (Å²) in [7, 11) is 0. The molecule has 2 N–H and O–H groups in total. The number of nitrogens with zero attached hydrogens (tertiary/aromatic N) is 5. The SMILES string of the molecule is CC1C(CN2CCN(c3ncccn3)CC2)OC(c2ccc(-c3ccccc3CNC(=O)c3cccnc3)cc2)OC1c1ccc(CO)cc1. The first kappa shape index (κ1) is 33.5. The van der Waals surface area contributed by atoms with E-state index >= 15 is 0 Å². The molecule has 4 unspecified atom stereocenters. The molecule has 50 heavy (non-hydrogen) atoms. The van der Waals surface area contributed by atoms with Crippen LogP contribution in [0, 0.1) is 5.92 Å². The molecule has 1 amide bonds. The van der Waals surface area contributed by atoms with Crippen LogP contribution in [-0.2, 0) is 22.6 Å². The number of amides is 1. The summed E-state index contributed by atoms with van der Waals surface area (Å²) in [5.41, 5.74) is 6.51. The fraction of sp³-hybridized carbons (Fsp3) is 0.300. The van der Waals surface area contributed by atoms with E-state index in [2.05, 4.69) is 79.5 Å². The molecule has 2 fully saturated rings. The van der Waals surface area contributed by atoms with E-state index in [1.807, 2.05) is 36.4 Å². The monoisotopic (exact) mass is 670 g/mol. The number of nitrogens with one attached hydrogen (secondary N) is 1. The number of carbonyl (C=O) groups is 1. The molecule has 2 aromatic heterocycles. The lowest BCUT2D eigenvalue weighted by Crippen LogP contribution is -2.51. The van der Waals surface area contributed by atoms with Crippen LogP contribution in [0.3, 0.4) is 0 Å². The number of rotatable bonds is 10. The number of benzene rings is 3. The summed E-state index contributed by atoms with van der Waals surface area (Å²) in [6.07, 6.45) is 5.98. The largest absolute Gasteiger partial charge is 0.392 e. The Morgan fingerprint density at radius 2 is 1.58 bits per heavy atom. The molecular weight excluding hydrogens is 628 g/mol. The van der Waals surface area contributed by atoms with E-state index in [0.717, 1.165) is 72.1 Å². The fourth-order valence-corrected chi connectivity index (χ4v) is 6.72. The molecule has 0 aliphatic carbocycles. The van der Waals surface area contributed by atoms with Crippen LogP contribution in [-0.4, -0.2) is 69.7 Å². The smallest absolute Gasteiger partial charge is 0.253 e. The number of hydrogen-bond donors (Lipinski definition) is 2. The van der Waals surface area contributed by atoms with Crippen LogP contribution in [0.4, 0.5) is 5.95 Å². The minimum atomic E-state index is -0.555. The second kappa shape index (κ2) is 15.7. The summed E-state index contributed by atoms with van der Waals surface area (Å²) < 4.78 is 13.5. The van der Waals surface area contributed by atoms with Crippen molar-refractivity contribution in [3.8, 4) is 11.1 Å². The predicted molar refractivity (Wildman–Crippen MR) is 191 cm³/mol. The summed E-state index contributed by atoms with van der Waals surface area (Å²) in [6.45, 7) is 6.87. The summed E-state index contributed by atoms with van der Waals surface area (Å²) in [5, 5.41) is 12.7. The lowest BCUT2D eigenvalue weighted by Gasteiger charge is -2.44. The van der Waals surface area contributed by atoms with Crippen molar-refractivity contribution >= 4 is 11.9 Å². The van der Waals surface area contributed by atoms with Gasteiger partial charge in [0, 0.05) is 75.5 Å². The van der Waals surface area contributed by atoms with E-state index in [1.165, 1.54) is 0 Å². The van der Waals surface area contributed by atoms with Crippen molar-refractivity contribution in [2.75, 3.05) is 37.6 Å². The highest BCUT2D eigenvalue weighted by atomic mass is 16.7. The van der Waals surface area contributed by atoms with Gasteiger partial charge in [-0.1, -0.05) is 79.7 Å². The molecule has 5 aromatic rings. The second-order valence-corrected chi connectivity index (χ2v) is 12.9. The Hall–Kier alpha value is -5.00.